The van der Waals surface area contributed by atoms with Crippen molar-refractivity contribution in [3.63, 3.8) is 0 Å². The predicted molar refractivity (Wildman–Crippen MR) is 91.3 cm³/mol. The number of halogens is 1. The van der Waals surface area contributed by atoms with Crippen LogP contribution in [0.3, 0.4) is 0 Å². The summed E-state index contributed by atoms with van der Waals surface area (Å²) in [5.41, 5.74) is 8.31. The van der Waals surface area contributed by atoms with Crippen molar-refractivity contribution < 1.29 is 4.79 Å². The van der Waals surface area contributed by atoms with E-state index in [1.54, 1.807) is 0 Å². The van der Waals surface area contributed by atoms with Crippen LogP contribution in [0.25, 0.3) is 0 Å². The first-order valence-electron chi connectivity index (χ1n) is 7.00. The molecule has 2 rings (SSSR count). The summed E-state index contributed by atoms with van der Waals surface area (Å²) < 4.78 is 0.988. The molecule has 0 spiro atoms. The van der Waals surface area contributed by atoms with Crippen molar-refractivity contribution in [2.75, 3.05) is 17.2 Å². The largest absolute Gasteiger partial charge is 0.399 e. The Morgan fingerprint density at radius 2 is 1.90 bits per heavy atom. The Kier molecular flexibility index (Phi) is 5.39. The second-order valence-electron chi connectivity index (χ2n) is 4.94. The number of anilines is 2. The van der Waals surface area contributed by atoms with Gasteiger partial charge >= 0.3 is 0 Å². The first kappa shape index (κ1) is 15.6. The molecule has 0 unspecified atom stereocenters. The van der Waals surface area contributed by atoms with Crippen molar-refractivity contribution in [1.29, 1.82) is 0 Å². The smallest absolute Gasteiger partial charge is 0.231 e. The molecular formula is C17H19BrN2O. The van der Waals surface area contributed by atoms with Gasteiger partial charge in [0.1, 0.15) is 0 Å². The highest BCUT2D eigenvalue weighted by Crippen LogP contribution is 2.19. The number of rotatable bonds is 5. The summed E-state index contributed by atoms with van der Waals surface area (Å²) >= 11 is 3.43. The Balaban J connectivity index is 2.17. The van der Waals surface area contributed by atoms with E-state index in [1.165, 1.54) is 0 Å². The standard InChI is InChI=1S/C17H19BrN2O/c1-2-10-20(16-8-6-15(19)7-9-16)17(21)12-13-4-3-5-14(18)11-13/h3-9,11H,2,10,12,19H2,1H3. The zero-order chi connectivity index (χ0) is 15.2. The summed E-state index contributed by atoms with van der Waals surface area (Å²) in [5.74, 6) is 0.0970. The monoisotopic (exact) mass is 346 g/mol. The lowest BCUT2D eigenvalue weighted by atomic mass is 10.1. The first-order valence-corrected chi connectivity index (χ1v) is 7.80. The second-order valence-corrected chi connectivity index (χ2v) is 5.86. The normalized spacial score (nSPS) is 10.4. The molecule has 0 aromatic heterocycles. The molecule has 0 aliphatic rings. The van der Waals surface area contributed by atoms with Crippen LogP contribution in [0.2, 0.25) is 0 Å². The highest BCUT2D eigenvalue weighted by Gasteiger charge is 2.15. The van der Waals surface area contributed by atoms with Crippen LogP contribution in [0, 0.1) is 0 Å². The van der Waals surface area contributed by atoms with Gasteiger partial charge in [-0.15, -0.1) is 0 Å². The third-order valence-corrected chi connectivity index (χ3v) is 3.69. The lowest BCUT2D eigenvalue weighted by molar-refractivity contribution is -0.118. The van der Waals surface area contributed by atoms with Gasteiger partial charge < -0.3 is 10.6 Å². The minimum atomic E-state index is 0.0970. The molecule has 0 saturated heterocycles. The zero-order valence-electron chi connectivity index (χ0n) is 12.1. The molecule has 110 valence electrons. The Bertz CT molecular complexity index is 610. The van der Waals surface area contributed by atoms with Crippen LogP contribution in [-0.4, -0.2) is 12.5 Å². The van der Waals surface area contributed by atoms with E-state index in [1.807, 2.05) is 53.4 Å². The van der Waals surface area contributed by atoms with E-state index < -0.39 is 0 Å². The number of carbonyl (C=O) groups excluding carboxylic acids is 1. The number of hydrogen-bond acceptors (Lipinski definition) is 2. The zero-order valence-corrected chi connectivity index (χ0v) is 13.6. The highest BCUT2D eigenvalue weighted by atomic mass is 79.9. The van der Waals surface area contributed by atoms with Gasteiger partial charge in [0.2, 0.25) is 5.91 Å². The third kappa shape index (κ3) is 4.33. The third-order valence-electron chi connectivity index (χ3n) is 3.20. The lowest BCUT2D eigenvalue weighted by Gasteiger charge is -2.22. The Morgan fingerprint density at radius 1 is 1.19 bits per heavy atom. The molecule has 0 fully saturated rings. The van der Waals surface area contributed by atoms with Gasteiger partial charge in [0.05, 0.1) is 6.42 Å². The molecule has 1 amide bonds. The summed E-state index contributed by atoms with van der Waals surface area (Å²) in [6.45, 7) is 2.77. The van der Waals surface area contributed by atoms with Crippen LogP contribution < -0.4 is 10.6 Å². The SMILES string of the molecule is CCCN(C(=O)Cc1cccc(Br)c1)c1ccc(N)cc1. The van der Waals surface area contributed by atoms with Gasteiger partial charge in [0, 0.05) is 22.4 Å². The van der Waals surface area contributed by atoms with Crippen molar-refractivity contribution in [2.24, 2.45) is 0 Å². The van der Waals surface area contributed by atoms with E-state index in [0.29, 0.717) is 18.7 Å². The first-order chi connectivity index (χ1) is 10.1. The van der Waals surface area contributed by atoms with Gasteiger partial charge in [-0.05, 0) is 48.4 Å². The number of nitrogens with two attached hydrogens (primary N) is 1. The number of hydrogen-bond donors (Lipinski definition) is 1. The number of nitrogens with zero attached hydrogens (tertiary/aromatic N) is 1. The molecule has 0 bridgehead atoms. The van der Waals surface area contributed by atoms with E-state index >= 15 is 0 Å². The van der Waals surface area contributed by atoms with E-state index in [-0.39, 0.29) is 5.91 Å². The van der Waals surface area contributed by atoms with Crippen molar-refractivity contribution in [2.45, 2.75) is 19.8 Å². The molecule has 4 heteroatoms. The highest BCUT2D eigenvalue weighted by molar-refractivity contribution is 9.10. The van der Waals surface area contributed by atoms with Crippen LogP contribution >= 0.6 is 15.9 Å². The van der Waals surface area contributed by atoms with Gasteiger partial charge in [-0.3, -0.25) is 4.79 Å². The van der Waals surface area contributed by atoms with Gasteiger partial charge in [-0.1, -0.05) is 35.0 Å². The van der Waals surface area contributed by atoms with Gasteiger partial charge in [0.25, 0.3) is 0 Å². The Hall–Kier alpha value is -1.81. The van der Waals surface area contributed by atoms with E-state index in [2.05, 4.69) is 22.9 Å². The molecule has 3 nitrogen and oxygen atoms in total. The number of carbonyl (C=O) groups is 1. The molecule has 0 aliphatic heterocycles. The molecule has 0 radical (unpaired) electrons. The molecular weight excluding hydrogens is 328 g/mol. The summed E-state index contributed by atoms with van der Waals surface area (Å²) in [5, 5.41) is 0. The molecule has 0 heterocycles. The van der Waals surface area contributed by atoms with E-state index in [0.717, 1.165) is 22.1 Å². The number of nitrogen functional groups attached to an aromatic ring is 1. The van der Waals surface area contributed by atoms with Crippen molar-refractivity contribution in [3.05, 3.63) is 58.6 Å². The topological polar surface area (TPSA) is 46.3 Å². The fraction of sp³-hybridized carbons (Fsp3) is 0.235. The van der Waals surface area contributed by atoms with E-state index in [4.69, 9.17) is 5.73 Å². The maximum Gasteiger partial charge on any atom is 0.231 e. The minimum Gasteiger partial charge on any atom is -0.399 e. The maximum absolute atomic E-state index is 12.6. The number of benzene rings is 2. The quantitative estimate of drug-likeness (QED) is 0.831. The van der Waals surface area contributed by atoms with Crippen LogP contribution in [-0.2, 0) is 11.2 Å². The van der Waals surface area contributed by atoms with E-state index in [9.17, 15) is 4.79 Å². The van der Waals surface area contributed by atoms with Crippen molar-refractivity contribution in [3.8, 4) is 0 Å². The average Bonchev–Trinajstić information content (AvgIpc) is 2.46. The van der Waals surface area contributed by atoms with Crippen molar-refractivity contribution in [1.82, 2.24) is 0 Å². The van der Waals surface area contributed by atoms with Crippen molar-refractivity contribution >= 4 is 33.2 Å². The molecule has 0 saturated carbocycles. The molecule has 2 aromatic carbocycles. The molecule has 2 N–H and O–H groups in total. The average molecular weight is 347 g/mol. The Labute approximate surface area is 133 Å². The fourth-order valence-corrected chi connectivity index (χ4v) is 2.64. The Morgan fingerprint density at radius 3 is 2.52 bits per heavy atom. The molecule has 2 aromatic rings. The van der Waals surface area contributed by atoms with Gasteiger partial charge in [0.15, 0.2) is 0 Å². The van der Waals surface area contributed by atoms with Gasteiger partial charge in [-0.2, -0.15) is 0 Å². The fourth-order valence-electron chi connectivity index (χ4n) is 2.19. The van der Waals surface area contributed by atoms with Gasteiger partial charge in [-0.25, -0.2) is 0 Å². The predicted octanol–water partition coefficient (Wildman–Crippen LogP) is 4.02. The second kappa shape index (κ2) is 7.27. The molecule has 0 atom stereocenters. The lowest BCUT2D eigenvalue weighted by Crippen LogP contribution is -2.32. The van der Waals surface area contributed by atoms with Crippen LogP contribution in [0.4, 0.5) is 11.4 Å². The summed E-state index contributed by atoms with van der Waals surface area (Å²) in [6.07, 6.45) is 1.30. The van der Waals surface area contributed by atoms with Crippen LogP contribution in [0.5, 0.6) is 0 Å². The molecule has 21 heavy (non-hydrogen) atoms. The van der Waals surface area contributed by atoms with Crippen LogP contribution in [0.1, 0.15) is 18.9 Å². The van der Waals surface area contributed by atoms with Crippen LogP contribution in [0.15, 0.2) is 53.0 Å². The summed E-state index contributed by atoms with van der Waals surface area (Å²) in [4.78, 5) is 14.4. The number of amides is 1. The molecule has 0 aliphatic carbocycles. The summed E-state index contributed by atoms with van der Waals surface area (Å²) in [6, 6.07) is 15.3. The maximum atomic E-state index is 12.6. The summed E-state index contributed by atoms with van der Waals surface area (Å²) in [7, 11) is 0. The minimum absolute atomic E-state index is 0.0970.